The number of aromatic carboxylic acids is 1. The molecular formula is C13H11BrN2O3. The van der Waals surface area contributed by atoms with Crippen LogP contribution in [0.25, 0.3) is 11.1 Å². The summed E-state index contributed by atoms with van der Waals surface area (Å²) in [5.41, 5.74) is 1.95. The van der Waals surface area contributed by atoms with Crippen molar-refractivity contribution in [2.75, 3.05) is 7.11 Å². The lowest BCUT2D eigenvalue weighted by molar-refractivity contribution is 0.0697. The third kappa shape index (κ3) is 2.58. The fourth-order valence-electron chi connectivity index (χ4n) is 1.84. The van der Waals surface area contributed by atoms with Gasteiger partial charge in [0.25, 0.3) is 0 Å². The zero-order valence-corrected chi connectivity index (χ0v) is 11.9. The van der Waals surface area contributed by atoms with Crippen molar-refractivity contribution in [1.29, 1.82) is 0 Å². The summed E-state index contributed by atoms with van der Waals surface area (Å²) in [6.07, 6.45) is 2.93. The first kappa shape index (κ1) is 13.5. The molecule has 5 nitrogen and oxygen atoms in total. The molecule has 0 radical (unpaired) electrons. The summed E-state index contributed by atoms with van der Waals surface area (Å²) < 4.78 is 5.92. The minimum absolute atomic E-state index is 0.0977. The SMILES string of the molecule is COc1c(C)ncc(C(=O)O)c1-c1ccnc(Br)c1. The van der Waals surface area contributed by atoms with Gasteiger partial charge in [0, 0.05) is 18.0 Å². The minimum atomic E-state index is -1.05. The average Bonchev–Trinajstić information content (AvgIpc) is 2.37. The highest BCUT2D eigenvalue weighted by atomic mass is 79.9. The van der Waals surface area contributed by atoms with E-state index < -0.39 is 5.97 Å². The number of rotatable bonds is 3. The predicted molar refractivity (Wildman–Crippen MR) is 73.4 cm³/mol. The molecule has 2 heterocycles. The number of hydrogen-bond donors (Lipinski definition) is 1. The van der Waals surface area contributed by atoms with E-state index in [1.807, 2.05) is 0 Å². The summed E-state index contributed by atoms with van der Waals surface area (Å²) >= 11 is 3.27. The fourth-order valence-corrected chi connectivity index (χ4v) is 2.21. The molecular weight excluding hydrogens is 312 g/mol. The Morgan fingerprint density at radius 3 is 2.74 bits per heavy atom. The van der Waals surface area contributed by atoms with Crippen LogP contribution in [0.3, 0.4) is 0 Å². The normalized spacial score (nSPS) is 10.3. The van der Waals surface area contributed by atoms with Gasteiger partial charge in [-0.15, -0.1) is 0 Å². The molecule has 0 fully saturated rings. The summed E-state index contributed by atoms with van der Waals surface area (Å²) in [6.45, 7) is 1.77. The van der Waals surface area contributed by atoms with Crippen molar-refractivity contribution in [2.45, 2.75) is 6.92 Å². The zero-order chi connectivity index (χ0) is 14.0. The Balaban J connectivity index is 2.78. The number of carboxylic acid groups (broad SMARTS) is 1. The Morgan fingerprint density at radius 1 is 1.42 bits per heavy atom. The van der Waals surface area contributed by atoms with Crippen LogP contribution in [0.15, 0.2) is 29.1 Å². The molecule has 0 aromatic carbocycles. The Morgan fingerprint density at radius 2 is 2.16 bits per heavy atom. The quantitative estimate of drug-likeness (QED) is 0.879. The molecule has 6 heteroatoms. The molecule has 0 aliphatic rings. The number of hydrogen-bond acceptors (Lipinski definition) is 4. The molecule has 0 amide bonds. The van der Waals surface area contributed by atoms with Crippen molar-refractivity contribution in [3.8, 4) is 16.9 Å². The van der Waals surface area contributed by atoms with E-state index in [0.717, 1.165) is 0 Å². The summed E-state index contributed by atoms with van der Waals surface area (Å²) in [5.74, 6) is -0.591. The fraction of sp³-hybridized carbons (Fsp3) is 0.154. The number of methoxy groups -OCH3 is 1. The number of ether oxygens (including phenoxy) is 1. The second-order valence-corrected chi connectivity index (χ2v) is 4.65. The van der Waals surface area contributed by atoms with Crippen LogP contribution in [-0.2, 0) is 0 Å². The van der Waals surface area contributed by atoms with Crippen LogP contribution in [0.1, 0.15) is 16.1 Å². The smallest absolute Gasteiger partial charge is 0.338 e. The van der Waals surface area contributed by atoms with Crippen molar-refractivity contribution in [3.63, 3.8) is 0 Å². The highest BCUT2D eigenvalue weighted by Gasteiger charge is 2.19. The third-order valence-corrected chi connectivity index (χ3v) is 3.10. The molecule has 0 saturated carbocycles. The molecule has 0 unspecified atom stereocenters. The van der Waals surface area contributed by atoms with Gasteiger partial charge in [-0.25, -0.2) is 9.78 Å². The maximum atomic E-state index is 11.3. The third-order valence-electron chi connectivity index (χ3n) is 2.66. The maximum Gasteiger partial charge on any atom is 0.338 e. The number of carboxylic acids is 1. The number of aromatic nitrogens is 2. The van der Waals surface area contributed by atoms with Crippen molar-refractivity contribution >= 4 is 21.9 Å². The van der Waals surface area contributed by atoms with Gasteiger partial charge in [-0.2, -0.15) is 0 Å². The molecule has 2 aromatic rings. The Kier molecular flexibility index (Phi) is 3.80. The van der Waals surface area contributed by atoms with Crippen LogP contribution in [0.5, 0.6) is 5.75 Å². The standard InChI is InChI=1S/C13H11BrN2O3/c1-7-12(19-2)11(9(6-16-7)13(17)18)8-3-4-15-10(14)5-8/h3-6H,1-2H3,(H,17,18). The summed E-state index contributed by atoms with van der Waals surface area (Å²) in [6, 6.07) is 3.47. The van der Waals surface area contributed by atoms with E-state index in [0.29, 0.717) is 27.2 Å². The van der Waals surface area contributed by atoms with Gasteiger partial charge in [-0.05, 0) is 40.5 Å². The first-order chi connectivity index (χ1) is 9.04. The van der Waals surface area contributed by atoms with E-state index in [1.165, 1.54) is 13.3 Å². The Labute approximate surface area is 118 Å². The molecule has 19 heavy (non-hydrogen) atoms. The lowest BCUT2D eigenvalue weighted by Gasteiger charge is -2.13. The summed E-state index contributed by atoms with van der Waals surface area (Å²) in [5, 5.41) is 9.28. The molecule has 1 N–H and O–H groups in total. The Hall–Kier alpha value is -1.95. The molecule has 0 atom stereocenters. The van der Waals surface area contributed by atoms with Gasteiger partial charge in [0.2, 0.25) is 0 Å². The molecule has 2 aromatic heterocycles. The van der Waals surface area contributed by atoms with E-state index in [2.05, 4.69) is 25.9 Å². The second-order valence-electron chi connectivity index (χ2n) is 3.84. The van der Waals surface area contributed by atoms with Gasteiger partial charge < -0.3 is 9.84 Å². The lowest BCUT2D eigenvalue weighted by Crippen LogP contribution is -2.05. The van der Waals surface area contributed by atoms with Gasteiger partial charge in [-0.1, -0.05) is 0 Å². The number of nitrogens with zero attached hydrogens (tertiary/aromatic N) is 2. The summed E-state index contributed by atoms with van der Waals surface area (Å²) in [7, 11) is 1.50. The topological polar surface area (TPSA) is 72.3 Å². The van der Waals surface area contributed by atoms with Crippen LogP contribution < -0.4 is 4.74 Å². The number of pyridine rings is 2. The zero-order valence-electron chi connectivity index (χ0n) is 10.3. The van der Waals surface area contributed by atoms with E-state index in [9.17, 15) is 9.90 Å². The van der Waals surface area contributed by atoms with Crippen LogP contribution in [0.4, 0.5) is 0 Å². The van der Waals surface area contributed by atoms with E-state index in [1.54, 1.807) is 25.3 Å². The van der Waals surface area contributed by atoms with Crippen LogP contribution >= 0.6 is 15.9 Å². The Bertz CT molecular complexity index is 644. The summed E-state index contributed by atoms with van der Waals surface area (Å²) in [4.78, 5) is 19.4. The van der Waals surface area contributed by atoms with Crippen molar-refractivity contribution in [1.82, 2.24) is 9.97 Å². The van der Waals surface area contributed by atoms with Gasteiger partial charge in [0.15, 0.2) is 0 Å². The minimum Gasteiger partial charge on any atom is -0.494 e. The van der Waals surface area contributed by atoms with Crippen LogP contribution in [-0.4, -0.2) is 28.2 Å². The highest BCUT2D eigenvalue weighted by molar-refractivity contribution is 9.10. The number of aryl methyl sites for hydroxylation is 1. The van der Waals surface area contributed by atoms with Crippen molar-refractivity contribution < 1.29 is 14.6 Å². The second kappa shape index (κ2) is 5.36. The van der Waals surface area contributed by atoms with Crippen molar-refractivity contribution in [2.24, 2.45) is 0 Å². The monoisotopic (exact) mass is 322 g/mol. The molecule has 0 saturated heterocycles. The predicted octanol–water partition coefficient (Wildman–Crippen LogP) is 2.92. The van der Waals surface area contributed by atoms with Gasteiger partial charge in [0.05, 0.1) is 18.4 Å². The maximum absolute atomic E-state index is 11.3. The largest absolute Gasteiger partial charge is 0.494 e. The molecule has 98 valence electrons. The van der Waals surface area contributed by atoms with Gasteiger partial charge >= 0.3 is 5.97 Å². The molecule has 0 spiro atoms. The van der Waals surface area contributed by atoms with E-state index >= 15 is 0 Å². The highest BCUT2D eigenvalue weighted by Crippen LogP contribution is 2.35. The average molecular weight is 323 g/mol. The van der Waals surface area contributed by atoms with E-state index in [-0.39, 0.29) is 5.56 Å². The number of halogens is 1. The van der Waals surface area contributed by atoms with Crippen molar-refractivity contribution in [3.05, 3.63) is 40.4 Å². The lowest BCUT2D eigenvalue weighted by atomic mass is 10.0. The molecule has 0 aliphatic heterocycles. The number of carbonyl (C=O) groups is 1. The van der Waals surface area contributed by atoms with Gasteiger partial charge in [0.1, 0.15) is 10.4 Å². The first-order valence-corrected chi connectivity index (χ1v) is 6.22. The van der Waals surface area contributed by atoms with Crippen LogP contribution in [0, 0.1) is 6.92 Å². The first-order valence-electron chi connectivity index (χ1n) is 5.43. The molecule has 2 rings (SSSR count). The molecule has 0 aliphatic carbocycles. The van der Waals surface area contributed by atoms with Crippen LogP contribution in [0.2, 0.25) is 0 Å². The van der Waals surface area contributed by atoms with E-state index in [4.69, 9.17) is 4.74 Å². The van der Waals surface area contributed by atoms with Gasteiger partial charge in [-0.3, -0.25) is 4.98 Å². The molecule has 0 bridgehead atoms.